The first-order chi connectivity index (χ1) is 15.2. The average molecular weight is 520 g/mol. The molecular formula is C21H27Cl2N3O6S. The van der Waals surface area contributed by atoms with Gasteiger partial charge in [0, 0.05) is 30.2 Å². The van der Waals surface area contributed by atoms with E-state index < -0.39 is 15.4 Å². The molecule has 12 heteroatoms. The molecule has 33 heavy (non-hydrogen) atoms. The summed E-state index contributed by atoms with van der Waals surface area (Å²) < 4.78 is 38.1. The Balaban J connectivity index is 0.00000306. The van der Waals surface area contributed by atoms with Crippen molar-refractivity contribution < 1.29 is 27.5 Å². The van der Waals surface area contributed by atoms with Crippen molar-refractivity contribution in [2.75, 3.05) is 53.0 Å². The first-order valence-corrected chi connectivity index (χ1v) is 12.3. The third-order valence-electron chi connectivity index (χ3n) is 6.29. The van der Waals surface area contributed by atoms with Crippen molar-refractivity contribution in [1.82, 2.24) is 14.5 Å². The summed E-state index contributed by atoms with van der Waals surface area (Å²) in [6, 6.07) is 4.99. The summed E-state index contributed by atoms with van der Waals surface area (Å²) in [5.74, 6) is -0.135. The van der Waals surface area contributed by atoms with Crippen LogP contribution in [0.2, 0.25) is 5.02 Å². The van der Waals surface area contributed by atoms with Gasteiger partial charge in [-0.15, -0.1) is 12.4 Å². The molecule has 0 unspecified atom stereocenters. The number of carbonyl (C=O) groups excluding carboxylic acids is 2. The highest BCUT2D eigenvalue weighted by Gasteiger charge is 2.45. The van der Waals surface area contributed by atoms with Crippen molar-refractivity contribution in [2.24, 2.45) is 5.41 Å². The highest BCUT2D eigenvalue weighted by Crippen LogP contribution is 2.34. The molecule has 3 heterocycles. The summed E-state index contributed by atoms with van der Waals surface area (Å²) in [6.45, 7) is 1.52. The second-order valence-corrected chi connectivity index (χ2v) is 10.7. The van der Waals surface area contributed by atoms with E-state index in [4.69, 9.17) is 21.1 Å². The molecule has 2 saturated heterocycles. The Hall–Kier alpha value is -1.85. The number of piperazine rings is 1. The Bertz CT molecular complexity index is 1060. The number of halogens is 2. The molecule has 1 N–H and O–H groups in total. The molecule has 3 aliphatic rings. The van der Waals surface area contributed by atoms with Crippen LogP contribution in [0.3, 0.4) is 0 Å². The van der Waals surface area contributed by atoms with E-state index in [1.54, 1.807) is 29.2 Å². The molecular weight excluding hydrogens is 493 g/mol. The molecule has 9 nitrogen and oxygen atoms in total. The van der Waals surface area contributed by atoms with Gasteiger partial charge in [-0.05, 0) is 50.2 Å². The van der Waals surface area contributed by atoms with Crippen LogP contribution < -0.4 is 10.1 Å². The largest absolute Gasteiger partial charge is 0.487 e. The third-order valence-corrected chi connectivity index (χ3v) is 8.41. The standard InChI is InChI=1S/C21H26ClN3O6S.ClH/c1-30-20(27)21(4-6-23-7-5-21)14-24-8-9-25(12-19(24)26)32(28,29)17-10-15-2-3-16(22)11-18(15)31-13-17;/h2-3,10-11,23H,4-9,12-14H2,1H3;1H. The number of rotatable bonds is 5. The first-order valence-electron chi connectivity index (χ1n) is 10.5. The van der Waals surface area contributed by atoms with Crippen molar-refractivity contribution in [2.45, 2.75) is 12.8 Å². The minimum absolute atomic E-state index is 0. The number of methoxy groups -OCH3 is 1. The SMILES string of the molecule is COC(=O)C1(CN2CCN(S(=O)(=O)C3=Cc4ccc(Cl)cc4OC3)CC2=O)CCNCC1.Cl. The number of esters is 1. The second kappa shape index (κ2) is 10.2. The van der Waals surface area contributed by atoms with E-state index >= 15 is 0 Å². The van der Waals surface area contributed by atoms with E-state index in [1.807, 2.05) is 0 Å². The minimum atomic E-state index is -3.88. The summed E-state index contributed by atoms with van der Waals surface area (Å²) in [6.07, 6.45) is 2.70. The molecule has 182 valence electrons. The number of nitrogens with zero attached hydrogens (tertiary/aromatic N) is 2. The second-order valence-electron chi connectivity index (χ2n) is 8.26. The number of carbonyl (C=O) groups is 2. The molecule has 0 aromatic heterocycles. The van der Waals surface area contributed by atoms with Crippen molar-refractivity contribution in [3.05, 3.63) is 33.7 Å². The summed E-state index contributed by atoms with van der Waals surface area (Å²) in [7, 11) is -2.52. The minimum Gasteiger partial charge on any atom is -0.487 e. The van der Waals surface area contributed by atoms with Crippen LogP contribution >= 0.6 is 24.0 Å². The zero-order chi connectivity index (χ0) is 22.9. The highest BCUT2D eigenvalue weighted by molar-refractivity contribution is 7.93. The van der Waals surface area contributed by atoms with Gasteiger partial charge in [-0.2, -0.15) is 4.31 Å². The lowest BCUT2D eigenvalue weighted by Gasteiger charge is -2.41. The van der Waals surface area contributed by atoms with Gasteiger partial charge >= 0.3 is 5.97 Å². The maximum absolute atomic E-state index is 13.2. The summed E-state index contributed by atoms with van der Waals surface area (Å²) in [5, 5.41) is 3.72. The van der Waals surface area contributed by atoms with Gasteiger partial charge in [0.05, 0.1) is 24.0 Å². The summed E-state index contributed by atoms with van der Waals surface area (Å²) in [4.78, 5) is 27.1. The summed E-state index contributed by atoms with van der Waals surface area (Å²) in [5.41, 5.74) is -0.142. The molecule has 2 fully saturated rings. The van der Waals surface area contributed by atoms with E-state index in [9.17, 15) is 18.0 Å². The van der Waals surface area contributed by atoms with E-state index in [1.165, 1.54) is 11.4 Å². The van der Waals surface area contributed by atoms with Gasteiger partial charge in [0.1, 0.15) is 12.4 Å². The van der Waals surface area contributed by atoms with Crippen molar-refractivity contribution in [1.29, 1.82) is 0 Å². The Kier molecular flexibility index (Phi) is 7.95. The third kappa shape index (κ3) is 5.14. The van der Waals surface area contributed by atoms with Crippen LogP contribution in [-0.2, 0) is 24.3 Å². The van der Waals surface area contributed by atoms with Gasteiger partial charge in [-0.25, -0.2) is 8.42 Å². The van der Waals surface area contributed by atoms with Gasteiger partial charge in [-0.3, -0.25) is 9.59 Å². The number of hydrogen-bond donors (Lipinski definition) is 1. The monoisotopic (exact) mass is 519 g/mol. The predicted octanol–water partition coefficient (Wildman–Crippen LogP) is 1.51. The number of hydrogen-bond acceptors (Lipinski definition) is 7. The van der Waals surface area contributed by atoms with E-state index in [0.29, 0.717) is 42.3 Å². The zero-order valence-electron chi connectivity index (χ0n) is 18.2. The number of sulfonamides is 1. The molecule has 0 radical (unpaired) electrons. The van der Waals surface area contributed by atoms with E-state index in [2.05, 4.69) is 5.32 Å². The van der Waals surface area contributed by atoms with Crippen LogP contribution in [0, 0.1) is 5.41 Å². The Morgan fingerprint density at radius 2 is 2.00 bits per heavy atom. The zero-order valence-corrected chi connectivity index (χ0v) is 20.6. The highest BCUT2D eigenvalue weighted by atomic mass is 35.5. The lowest BCUT2D eigenvalue weighted by molar-refractivity contribution is -0.157. The topological polar surface area (TPSA) is 105 Å². The lowest BCUT2D eigenvalue weighted by atomic mass is 9.78. The van der Waals surface area contributed by atoms with Crippen LogP contribution in [0.5, 0.6) is 5.75 Å². The Morgan fingerprint density at radius 3 is 2.67 bits per heavy atom. The predicted molar refractivity (Wildman–Crippen MR) is 126 cm³/mol. The smallest absolute Gasteiger partial charge is 0.313 e. The molecule has 0 atom stereocenters. The van der Waals surface area contributed by atoms with Crippen LogP contribution in [-0.4, -0.2) is 82.5 Å². The van der Waals surface area contributed by atoms with Crippen LogP contribution in [0.4, 0.5) is 0 Å². The molecule has 0 saturated carbocycles. The molecule has 3 aliphatic heterocycles. The molecule has 1 aromatic carbocycles. The molecule has 0 aliphatic carbocycles. The molecule has 1 aromatic rings. The first kappa shape index (κ1) is 25.8. The fraction of sp³-hybridized carbons (Fsp3) is 0.524. The van der Waals surface area contributed by atoms with Crippen LogP contribution in [0.15, 0.2) is 23.1 Å². The van der Waals surface area contributed by atoms with Gasteiger partial charge < -0.3 is 19.7 Å². The quantitative estimate of drug-likeness (QED) is 0.587. The van der Waals surface area contributed by atoms with Crippen molar-refractivity contribution in [3.8, 4) is 5.75 Å². The van der Waals surface area contributed by atoms with E-state index in [-0.39, 0.29) is 62.0 Å². The Labute approximate surface area is 204 Å². The fourth-order valence-corrected chi connectivity index (χ4v) is 5.98. The number of ether oxygens (including phenoxy) is 2. The lowest BCUT2D eigenvalue weighted by Crippen LogP contribution is -2.57. The van der Waals surface area contributed by atoms with E-state index in [0.717, 1.165) is 0 Å². The number of amides is 1. The maximum Gasteiger partial charge on any atom is 0.313 e. The Morgan fingerprint density at radius 1 is 1.27 bits per heavy atom. The van der Waals surface area contributed by atoms with Crippen molar-refractivity contribution in [3.63, 3.8) is 0 Å². The summed E-state index contributed by atoms with van der Waals surface area (Å²) >= 11 is 5.96. The number of nitrogens with one attached hydrogen (secondary N) is 1. The number of benzene rings is 1. The van der Waals surface area contributed by atoms with Crippen LogP contribution in [0.1, 0.15) is 18.4 Å². The van der Waals surface area contributed by atoms with Gasteiger partial charge in [0.25, 0.3) is 0 Å². The molecule has 0 bridgehead atoms. The number of piperidine rings is 1. The molecule has 4 rings (SSSR count). The number of fused-ring (bicyclic) bond motifs is 1. The molecule has 0 spiro atoms. The van der Waals surface area contributed by atoms with Gasteiger partial charge in [-0.1, -0.05) is 11.6 Å². The fourth-order valence-electron chi connectivity index (χ4n) is 4.40. The molecule has 1 amide bonds. The average Bonchev–Trinajstić information content (AvgIpc) is 2.80. The van der Waals surface area contributed by atoms with Gasteiger partial charge in [0.2, 0.25) is 15.9 Å². The van der Waals surface area contributed by atoms with Crippen molar-refractivity contribution >= 4 is 52.0 Å². The maximum atomic E-state index is 13.2. The van der Waals surface area contributed by atoms with Crippen LogP contribution in [0.25, 0.3) is 6.08 Å². The normalized spacial score (nSPS) is 20.7. The van der Waals surface area contributed by atoms with Gasteiger partial charge in [0.15, 0.2) is 0 Å².